The van der Waals surface area contributed by atoms with Crippen LogP contribution in [0, 0.1) is 15.9 Å². The number of imidazole rings is 1. The first kappa shape index (κ1) is 15.8. The van der Waals surface area contributed by atoms with Crippen LogP contribution in [-0.4, -0.2) is 19.6 Å². The van der Waals surface area contributed by atoms with Crippen molar-refractivity contribution in [1.82, 2.24) is 9.55 Å². The molecule has 1 heterocycles. The molecule has 24 heavy (non-hydrogen) atoms. The molecule has 0 aliphatic rings. The number of nitrogens with zero attached hydrogens (tertiary/aromatic N) is 3. The standard InChI is InChI=1S/C17H14FN3O3/c18-15-7-2-1-6-14(15)16(22)11-20-9-8-19-17(20)12-4-3-5-13(10-12)21(23)24/h1-10,16,22H,11H2/t16-/m0/s1. The Morgan fingerprint density at radius 2 is 2.04 bits per heavy atom. The number of aromatic nitrogens is 2. The van der Waals surface area contributed by atoms with Crippen molar-refractivity contribution in [2.24, 2.45) is 0 Å². The second-order valence-corrected chi connectivity index (χ2v) is 5.25. The fourth-order valence-electron chi connectivity index (χ4n) is 2.51. The lowest BCUT2D eigenvalue weighted by Gasteiger charge is -2.14. The number of halogens is 1. The summed E-state index contributed by atoms with van der Waals surface area (Å²) in [6.07, 6.45) is 2.11. The molecule has 122 valence electrons. The molecule has 0 radical (unpaired) electrons. The molecule has 0 aliphatic carbocycles. The van der Waals surface area contributed by atoms with Gasteiger partial charge < -0.3 is 9.67 Å². The van der Waals surface area contributed by atoms with Gasteiger partial charge in [0.2, 0.25) is 0 Å². The quantitative estimate of drug-likeness (QED) is 0.576. The smallest absolute Gasteiger partial charge is 0.270 e. The Kier molecular flexibility index (Phi) is 4.35. The molecule has 3 aromatic rings. The molecule has 2 aromatic carbocycles. The third kappa shape index (κ3) is 3.16. The van der Waals surface area contributed by atoms with Gasteiger partial charge in [0.05, 0.1) is 17.6 Å². The van der Waals surface area contributed by atoms with E-state index in [1.807, 2.05) is 0 Å². The minimum atomic E-state index is -1.06. The predicted octanol–water partition coefficient (Wildman–Crippen LogP) is 3.33. The minimum Gasteiger partial charge on any atom is -0.386 e. The summed E-state index contributed by atoms with van der Waals surface area (Å²) in [5, 5.41) is 21.2. The summed E-state index contributed by atoms with van der Waals surface area (Å²) in [4.78, 5) is 14.6. The number of hydrogen-bond donors (Lipinski definition) is 1. The van der Waals surface area contributed by atoms with E-state index in [9.17, 15) is 19.6 Å². The average Bonchev–Trinajstić information content (AvgIpc) is 3.03. The van der Waals surface area contributed by atoms with Gasteiger partial charge in [-0.1, -0.05) is 30.3 Å². The highest BCUT2D eigenvalue weighted by atomic mass is 19.1. The van der Waals surface area contributed by atoms with Crippen molar-refractivity contribution in [3.8, 4) is 11.4 Å². The van der Waals surface area contributed by atoms with Crippen LogP contribution in [0.4, 0.5) is 10.1 Å². The van der Waals surface area contributed by atoms with Crippen LogP contribution in [0.3, 0.4) is 0 Å². The molecule has 6 nitrogen and oxygen atoms in total. The average molecular weight is 327 g/mol. The molecule has 0 unspecified atom stereocenters. The predicted molar refractivity (Wildman–Crippen MR) is 85.7 cm³/mol. The van der Waals surface area contributed by atoms with Gasteiger partial charge in [0, 0.05) is 35.7 Å². The van der Waals surface area contributed by atoms with Crippen molar-refractivity contribution in [2.45, 2.75) is 12.6 Å². The molecular weight excluding hydrogens is 313 g/mol. The maximum absolute atomic E-state index is 13.8. The van der Waals surface area contributed by atoms with Gasteiger partial charge >= 0.3 is 0 Å². The van der Waals surface area contributed by atoms with E-state index in [2.05, 4.69) is 4.98 Å². The molecule has 0 aliphatic heterocycles. The number of aliphatic hydroxyl groups excluding tert-OH is 1. The van der Waals surface area contributed by atoms with Crippen LogP contribution < -0.4 is 0 Å². The van der Waals surface area contributed by atoms with Crippen molar-refractivity contribution >= 4 is 5.69 Å². The zero-order valence-electron chi connectivity index (χ0n) is 12.5. The van der Waals surface area contributed by atoms with E-state index in [0.717, 1.165) is 0 Å². The van der Waals surface area contributed by atoms with Crippen LogP contribution in [0.15, 0.2) is 60.9 Å². The number of hydrogen-bond acceptors (Lipinski definition) is 4. The number of rotatable bonds is 5. The number of nitro benzene ring substituents is 1. The fraction of sp³-hybridized carbons (Fsp3) is 0.118. The van der Waals surface area contributed by atoms with Gasteiger partial charge in [-0.05, 0) is 6.07 Å². The summed E-state index contributed by atoms with van der Waals surface area (Å²) in [5.41, 5.74) is 0.697. The van der Waals surface area contributed by atoms with E-state index in [-0.39, 0.29) is 17.8 Å². The highest BCUT2D eigenvalue weighted by Gasteiger charge is 2.16. The van der Waals surface area contributed by atoms with E-state index in [4.69, 9.17) is 0 Å². The molecule has 3 rings (SSSR count). The number of nitro groups is 1. The maximum Gasteiger partial charge on any atom is 0.270 e. The van der Waals surface area contributed by atoms with Gasteiger partial charge in [-0.2, -0.15) is 0 Å². The Labute approximate surface area is 137 Å². The van der Waals surface area contributed by atoms with Crippen LogP contribution >= 0.6 is 0 Å². The second-order valence-electron chi connectivity index (χ2n) is 5.25. The monoisotopic (exact) mass is 327 g/mol. The molecule has 1 aromatic heterocycles. The van der Waals surface area contributed by atoms with Crippen LogP contribution in [0.5, 0.6) is 0 Å². The Bertz CT molecular complexity index is 879. The summed E-state index contributed by atoms with van der Waals surface area (Å²) < 4.78 is 15.4. The number of benzene rings is 2. The van der Waals surface area contributed by atoms with Gasteiger partial charge in [-0.25, -0.2) is 9.37 Å². The molecule has 0 saturated heterocycles. The SMILES string of the molecule is O=[N+]([O-])c1cccc(-c2nccn2C[C@H](O)c2ccccc2F)c1. The second kappa shape index (κ2) is 6.59. The lowest BCUT2D eigenvalue weighted by Crippen LogP contribution is -2.10. The van der Waals surface area contributed by atoms with Crippen LogP contribution in [-0.2, 0) is 6.54 Å². The Hall–Kier alpha value is -3.06. The summed E-state index contributed by atoms with van der Waals surface area (Å²) in [7, 11) is 0. The van der Waals surface area contributed by atoms with E-state index < -0.39 is 16.8 Å². The largest absolute Gasteiger partial charge is 0.386 e. The number of aliphatic hydroxyl groups is 1. The number of non-ortho nitro benzene ring substituents is 1. The minimum absolute atomic E-state index is 0.0447. The van der Waals surface area contributed by atoms with Crippen molar-refractivity contribution in [3.05, 3.63) is 82.4 Å². The van der Waals surface area contributed by atoms with Crippen LogP contribution in [0.1, 0.15) is 11.7 Å². The van der Waals surface area contributed by atoms with Gasteiger partial charge in [0.1, 0.15) is 11.6 Å². The van der Waals surface area contributed by atoms with E-state index in [0.29, 0.717) is 11.4 Å². The molecular formula is C17H14FN3O3. The Morgan fingerprint density at radius 3 is 2.79 bits per heavy atom. The normalized spacial score (nSPS) is 12.1. The topological polar surface area (TPSA) is 81.2 Å². The van der Waals surface area contributed by atoms with Crippen molar-refractivity contribution in [1.29, 1.82) is 0 Å². The highest BCUT2D eigenvalue weighted by Crippen LogP contribution is 2.25. The highest BCUT2D eigenvalue weighted by molar-refractivity contribution is 5.59. The lowest BCUT2D eigenvalue weighted by molar-refractivity contribution is -0.384. The first-order valence-corrected chi connectivity index (χ1v) is 7.24. The molecule has 0 fully saturated rings. The molecule has 7 heteroatoms. The summed E-state index contributed by atoms with van der Waals surface area (Å²) in [5.74, 6) is -0.0175. The van der Waals surface area contributed by atoms with Crippen LogP contribution in [0.2, 0.25) is 0 Å². The molecule has 1 atom stereocenters. The lowest BCUT2D eigenvalue weighted by atomic mass is 10.1. The zero-order chi connectivity index (χ0) is 17.1. The maximum atomic E-state index is 13.8. The third-order valence-corrected chi connectivity index (χ3v) is 3.66. The third-order valence-electron chi connectivity index (χ3n) is 3.66. The van der Waals surface area contributed by atoms with E-state index in [1.165, 1.54) is 30.5 Å². The zero-order valence-corrected chi connectivity index (χ0v) is 12.5. The first-order valence-electron chi connectivity index (χ1n) is 7.24. The first-order chi connectivity index (χ1) is 11.6. The molecule has 0 spiro atoms. The molecule has 1 N–H and O–H groups in total. The van der Waals surface area contributed by atoms with Crippen molar-refractivity contribution in [2.75, 3.05) is 0 Å². The Balaban J connectivity index is 1.90. The fourth-order valence-corrected chi connectivity index (χ4v) is 2.51. The molecule has 0 saturated carbocycles. The van der Waals surface area contributed by atoms with Crippen LogP contribution in [0.25, 0.3) is 11.4 Å². The Morgan fingerprint density at radius 1 is 1.25 bits per heavy atom. The molecule has 0 amide bonds. The van der Waals surface area contributed by atoms with E-state index >= 15 is 0 Å². The van der Waals surface area contributed by atoms with Gasteiger partial charge in [0.25, 0.3) is 5.69 Å². The summed E-state index contributed by atoms with van der Waals surface area (Å²) in [6.45, 7) is 0.0823. The van der Waals surface area contributed by atoms with Gasteiger partial charge in [0.15, 0.2) is 0 Å². The van der Waals surface area contributed by atoms with E-state index in [1.54, 1.807) is 35.0 Å². The van der Waals surface area contributed by atoms with Crippen molar-refractivity contribution in [3.63, 3.8) is 0 Å². The summed E-state index contributed by atoms with van der Waals surface area (Å²) >= 11 is 0. The molecule has 0 bridgehead atoms. The van der Waals surface area contributed by atoms with Crippen molar-refractivity contribution < 1.29 is 14.4 Å². The summed E-state index contributed by atoms with van der Waals surface area (Å²) in [6, 6.07) is 12.1. The van der Waals surface area contributed by atoms with Gasteiger partial charge in [-0.3, -0.25) is 10.1 Å². The van der Waals surface area contributed by atoms with Gasteiger partial charge in [-0.15, -0.1) is 0 Å².